The summed E-state index contributed by atoms with van der Waals surface area (Å²) in [5, 5.41) is 2.99. The Bertz CT molecular complexity index is 499. The summed E-state index contributed by atoms with van der Waals surface area (Å²) < 4.78 is 37.6. The largest absolute Gasteiger partial charge is 0.416 e. The lowest BCUT2D eigenvalue weighted by Crippen LogP contribution is -2.54. The molecule has 0 saturated heterocycles. The van der Waals surface area contributed by atoms with Crippen molar-refractivity contribution in [2.75, 3.05) is 6.54 Å². The fourth-order valence-electron chi connectivity index (χ4n) is 2.43. The number of nitrogens with two attached hydrogens (primary N) is 1. The fraction of sp³-hybridized carbons (Fsp3) is 0.588. The molecule has 0 radical (unpaired) electrons. The molecule has 1 aromatic carbocycles. The predicted molar refractivity (Wildman–Crippen MR) is 84.8 cm³/mol. The maximum atomic E-state index is 12.5. The Morgan fingerprint density at radius 2 is 1.70 bits per heavy atom. The van der Waals surface area contributed by atoms with Crippen LogP contribution in [0.3, 0.4) is 0 Å². The highest BCUT2D eigenvalue weighted by atomic mass is 19.4. The average molecular weight is 330 g/mol. The first-order valence-corrected chi connectivity index (χ1v) is 7.85. The highest BCUT2D eigenvalue weighted by molar-refractivity contribution is 5.79. The Kier molecular flexibility index (Phi) is 6.62. The molecule has 0 aliphatic heterocycles. The summed E-state index contributed by atoms with van der Waals surface area (Å²) in [5.74, 6) is -0.463. The van der Waals surface area contributed by atoms with Gasteiger partial charge in [0.1, 0.15) is 0 Å². The van der Waals surface area contributed by atoms with Gasteiger partial charge in [-0.2, -0.15) is 13.2 Å². The molecule has 1 unspecified atom stereocenters. The third kappa shape index (κ3) is 5.23. The predicted octanol–water partition coefficient (Wildman–Crippen LogP) is 3.52. The number of hydrogen-bond donors (Lipinski definition) is 2. The zero-order valence-corrected chi connectivity index (χ0v) is 13.8. The van der Waals surface area contributed by atoms with Gasteiger partial charge in [0, 0.05) is 12.5 Å². The summed E-state index contributed by atoms with van der Waals surface area (Å²) in [6, 6.07) is 4.93. The fourth-order valence-corrected chi connectivity index (χ4v) is 2.43. The molecule has 3 nitrogen and oxygen atoms in total. The number of amides is 1. The minimum atomic E-state index is -4.34. The van der Waals surface area contributed by atoms with Crippen LogP contribution in [0.25, 0.3) is 0 Å². The number of carbonyl (C=O) groups excluding carboxylic acids is 1. The van der Waals surface area contributed by atoms with E-state index in [9.17, 15) is 18.0 Å². The first kappa shape index (κ1) is 19.5. The average Bonchev–Trinajstić information content (AvgIpc) is 2.52. The first-order valence-electron chi connectivity index (χ1n) is 7.85. The molecule has 1 atom stereocenters. The number of carbonyl (C=O) groups is 1. The molecule has 0 aromatic heterocycles. The molecule has 1 rings (SSSR count). The molecule has 1 aromatic rings. The quantitative estimate of drug-likeness (QED) is 0.804. The van der Waals surface area contributed by atoms with Crippen LogP contribution in [0.2, 0.25) is 0 Å². The van der Waals surface area contributed by atoms with Crippen molar-refractivity contribution >= 4 is 5.91 Å². The van der Waals surface area contributed by atoms with Gasteiger partial charge in [-0.1, -0.05) is 32.9 Å². The van der Waals surface area contributed by atoms with Crippen LogP contribution in [0, 0.1) is 5.92 Å². The van der Waals surface area contributed by atoms with Gasteiger partial charge in [0.15, 0.2) is 0 Å². The molecule has 0 spiro atoms. The standard InChI is InChI=1S/C17H25F3N2O/c1-4-16(5-2,11-21)22-15(23)12(3)10-13-6-8-14(9-7-13)17(18,19)20/h6-9,12H,4-5,10-11,21H2,1-3H3,(H,22,23). The lowest BCUT2D eigenvalue weighted by atomic mass is 9.91. The molecule has 0 aliphatic carbocycles. The van der Waals surface area contributed by atoms with Gasteiger partial charge in [-0.3, -0.25) is 4.79 Å². The summed E-state index contributed by atoms with van der Waals surface area (Å²) in [6.07, 6.45) is -2.49. The molecule has 6 heteroatoms. The van der Waals surface area contributed by atoms with E-state index in [2.05, 4.69) is 5.32 Å². The van der Waals surface area contributed by atoms with Gasteiger partial charge in [0.05, 0.1) is 11.1 Å². The van der Waals surface area contributed by atoms with Crippen molar-refractivity contribution in [3.05, 3.63) is 35.4 Å². The van der Waals surface area contributed by atoms with Crippen molar-refractivity contribution in [2.45, 2.75) is 51.7 Å². The maximum Gasteiger partial charge on any atom is 0.416 e. The minimum absolute atomic E-state index is 0.126. The Morgan fingerprint density at radius 3 is 2.09 bits per heavy atom. The normalized spacial score (nSPS) is 13.7. The summed E-state index contributed by atoms with van der Waals surface area (Å²) in [6.45, 7) is 6.06. The van der Waals surface area contributed by atoms with Crippen LogP contribution < -0.4 is 11.1 Å². The van der Waals surface area contributed by atoms with Crippen molar-refractivity contribution < 1.29 is 18.0 Å². The third-order valence-electron chi connectivity index (χ3n) is 4.40. The summed E-state index contributed by atoms with van der Waals surface area (Å²) in [4.78, 5) is 12.3. The van der Waals surface area contributed by atoms with Crippen LogP contribution in [0.1, 0.15) is 44.7 Å². The van der Waals surface area contributed by atoms with Crippen molar-refractivity contribution in [1.82, 2.24) is 5.32 Å². The summed E-state index contributed by atoms with van der Waals surface area (Å²) >= 11 is 0. The van der Waals surface area contributed by atoms with Crippen LogP contribution >= 0.6 is 0 Å². The molecule has 23 heavy (non-hydrogen) atoms. The molecule has 0 aliphatic rings. The smallest absolute Gasteiger partial charge is 0.349 e. The van der Waals surface area contributed by atoms with Crippen molar-refractivity contribution in [2.24, 2.45) is 11.7 Å². The van der Waals surface area contributed by atoms with E-state index in [-0.39, 0.29) is 11.8 Å². The van der Waals surface area contributed by atoms with E-state index in [1.165, 1.54) is 12.1 Å². The Morgan fingerprint density at radius 1 is 1.17 bits per heavy atom. The number of nitrogens with one attached hydrogen (secondary N) is 1. The van der Waals surface area contributed by atoms with E-state index in [4.69, 9.17) is 5.73 Å². The van der Waals surface area contributed by atoms with E-state index < -0.39 is 17.3 Å². The SMILES string of the molecule is CCC(CC)(CN)NC(=O)C(C)Cc1ccc(C(F)(F)F)cc1. The zero-order valence-electron chi connectivity index (χ0n) is 13.8. The highest BCUT2D eigenvalue weighted by Gasteiger charge is 2.30. The molecular formula is C17H25F3N2O. The second-order valence-corrected chi connectivity index (χ2v) is 5.98. The van der Waals surface area contributed by atoms with E-state index in [1.807, 2.05) is 13.8 Å². The van der Waals surface area contributed by atoms with Gasteiger partial charge in [0.2, 0.25) is 5.91 Å². The molecule has 0 saturated carbocycles. The second kappa shape index (κ2) is 7.81. The highest BCUT2D eigenvalue weighted by Crippen LogP contribution is 2.29. The van der Waals surface area contributed by atoms with Crippen molar-refractivity contribution in [1.29, 1.82) is 0 Å². The Labute approximate surface area is 135 Å². The van der Waals surface area contributed by atoms with Gasteiger partial charge < -0.3 is 11.1 Å². The molecule has 130 valence electrons. The number of benzene rings is 1. The van der Waals surface area contributed by atoms with E-state index >= 15 is 0 Å². The van der Waals surface area contributed by atoms with E-state index in [0.717, 1.165) is 25.0 Å². The van der Waals surface area contributed by atoms with Gasteiger partial charge in [-0.25, -0.2) is 0 Å². The third-order valence-corrected chi connectivity index (χ3v) is 4.40. The van der Waals surface area contributed by atoms with Gasteiger partial charge in [-0.05, 0) is 37.0 Å². The Hall–Kier alpha value is -1.56. The van der Waals surface area contributed by atoms with Crippen LogP contribution in [0.4, 0.5) is 13.2 Å². The molecule has 0 fully saturated rings. The second-order valence-electron chi connectivity index (χ2n) is 5.98. The molecule has 0 heterocycles. The summed E-state index contributed by atoms with van der Waals surface area (Å²) in [5.41, 5.74) is 5.37. The maximum absolute atomic E-state index is 12.5. The van der Waals surface area contributed by atoms with Crippen LogP contribution in [0.15, 0.2) is 24.3 Å². The van der Waals surface area contributed by atoms with Gasteiger partial charge in [0.25, 0.3) is 0 Å². The van der Waals surface area contributed by atoms with Gasteiger partial charge in [-0.15, -0.1) is 0 Å². The van der Waals surface area contributed by atoms with Crippen LogP contribution in [-0.4, -0.2) is 18.0 Å². The van der Waals surface area contributed by atoms with Crippen molar-refractivity contribution in [3.63, 3.8) is 0 Å². The summed E-state index contributed by atoms with van der Waals surface area (Å²) in [7, 11) is 0. The van der Waals surface area contributed by atoms with E-state index in [1.54, 1.807) is 6.92 Å². The number of hydrogen-bond acceptors (Lipinski definition) is 2. The molecule has 0 bridgehead atoms. The molecule has 1 amide bonds. The zero-order chi connectivity index (χ0) is 17.7. The number of rotatable bonds is 7. The molecular weight excluding hydrogens is 305 g/mol. The lowest BCUT2D eigenvalue weighted by Gasteiger charge is -2.32. The number of halogens is 3. The Balaban J connectivity index is 2.72. The number of alkyl halides is 3. The monoisotopic (exact) mass is 330 g/mol. The van der Waals surface area contributed by atoms with Crippen molar-refractivity contribution in [3.8, 4) is 0 Å². The van der Waals surface area contributed by atoms with Gasteiger partial charge >= 0.3 is 6.18 Å². The topological polar surface area (TPSA) is 55.1 Å². The van der Waals surface area contributed by atoms with Crippen LogP contribution in [-0.2, 0) is 17.4 Å². The lowest BCUT2D eigenvalue weighted by molar-refractivity contribution is -0.137. The van der Waals surface area contributed by atoms with Crippen LogP contribution in [0.5, 0.6) is 0 Å². The first-order chi connectivity index (χ1) is 10.7. The minimum Gasteiger partial charge on any atom is -0.349 e. The van der Waals surface area contributed by atoms with E-state index in [0.29, 0.717) is 18.5 Å². The molecule has 3 N–H and O–H groups in total.